The van der Waals surface area contributed by atoms with Gasteiger partial charge >= 0.3 is 0 Å². The highest BCUT2D eigenvalue weighted by Crippen LogP contribution is 2.20. The maximum Gasteiger partial charge on any atom is 0.226 e. The molecular formula is C20H27Cl2N3O2. The Hall–Kier alpha value is -1.63. The number of nitrogens with zero attached hydrogens (tertiary/aromatic N) is 1. The van der Waals surface area contributed by atoms with Crippen molar-refractivity contribution in [3.8, 4) is 0 Å². The second kappa shape index (κ2) is 12.0. The molecule has 1 aliphatic heterocycles. The minimum absolute atomic E-state index is 0. The van der Waals surface area contributed by atoms with Gasteiger partial charge in [-0.15, -0.1) is 24.8 Å². The van der Waals surface area contributed by atoms with Crippen LogP contribution in [0.15, 0.2) is 54.6 Å². The summed E-state index contributed by atoms with van der Waals surface area (Å²) in [5, 5.41) is 3.02. The molecule has 148 valence electrons. The molecule has 0 spiro atoms. The molecule has 1 atom stereocenters. The first-order valence-electron chi connectivity index (χ1n) is 8.71. The van der Waals surface area contributed by atoms with Crippen LogP contribution in [0.5, 0.6) is 0 Å². The highest BCUT2D eigenvalue weighted by atomic mass is 35.5. The van der Waals surface area contributed by atoms with Crippen LogP contribution in [0.4, 0.5) is 5.69 Å². The molecule has 27 heavy (non-hydrogen) atoms. The van der Waals surface area contributed by atoms with Gasteiger partial charge in [0.05, 0.1) is 13.2 Å². The maximum atomic E-state index is 12.4. The first-order chi connectivity index (χ1) is 12.2. The van der Waals surface area contributed by atoms with Gasteiger partial charge in [0.2, 0.25) is 5.91 Å². The summed E-state index contributed by atoms with van der Waals surface area (Å²) in [5.74, 6) is -0.0641. The summed E-state index contributed by atoms with van der Waals surface area (Å²) < 4.78 is 5.39. The number of morpholine rings is 1. The van der Waals surface area contributed by atoms with E-state index >= 15 is 0 Å². The molecule has 1 aliphatic rings. The lowest BCUT2D eigenvalue weighted by molar-refractivity contribution is -0.116. The molecule has 0 aromatic heterocycles. The SMILES string of the molecule is Cl.Cl.NC(CC(=O)Nc1ccccc1CN1CCOCC1)c1ccccc1. The van der Waals surface area contributed by atoms with Crippen molar-refractivity contribution in [2.24, 2.45) is 5.73 Å². The Kier molecular flexibility index (Phi) is 10.4. The van der Waals surface area contributed by atoms with Gasteiger partial charge in [0.1, 0.15) is 0 Å². The van der Waals surface area contributed by atoms with Crippen molar-refractivity contribution in [1.29, 1.82) is 0 Å². The number of hydrogen-bond acceptors (Lipinski definition) is 4. The van der Waals surface area contributed by atoms with Crippen LogP contribution in [0, 0.1) is 0 Å². The number of hydrogen-bond donors (Lipinski definition) is 2. The summed E-state index contributed by atoms with van der Waals surface area (Å²) >= 11 is 0. The highest BCUT2D eigenvalue weighted by molar-refractivity contribution is 5.92. The number of rotatable bonds is 6. The zero-order chi connectivity index (χ0) is 17.5. The van der Waals surface area contributed by atoms with E-state index in [9.17, 15) is 4.79 Å². The fraction of sp³-hybridized carbons (Fsp3) is 0.350. The number of nitrogens with two attached hydrogens (primary N) is 1. The minimum Gasteiger partial charge on any atom is -0.379 e. The lowest BCUT2D eigenvalue weighted by Crippen LogP contribution is -2.35. The van der Waals surface area contributed by atoms with Crippen LogP contribution >= 0.6 is 24.8 Å². The molecule has 2 aromatic rings. The van der Waals surface area contributed by atoms with Crippen LogP contribution in [0.2, 0.25) is 0 Å². The molecule has 5 nitrogen and oxygen atoms in total. The van der Waals surface area contributed by atoms with Gasteiger partial charge in [-0.05, 0) is 17.2 Å². The van der Waals surface area contributed by atoms with Crippen molar-refractivity contribution in [2.45, 2.75) is 19.0 Å². The average molecular weight is 412 g/mol. The van der Waals surface area contributed by atoms with Gasteiger partial charge in [0, 0.05) is 37.8 Å². The van der Waals surface area contributed by atoms with Gasteiger partial charge in [0.15, 0.2) is 0 Å². The summed E-state index contributed by atoms with van der Waals surface area (Å²) in [4.78, 5) is 14.8. The molecule has 1 amide bonds. The number of amides is 1. The van der Waals surface area contributed by atoms with E-state index in [1.54, 1.807) is 0 Å². The van der Waals surface area contributed by atoms with Gasteiger partial charge in [-0.25, -0.2) is 0 Å². The van der Waals surface area contributed by atoms with Crippen LogP contribution in [-0.2, 0) is 16.1 Å². The Bertz CT molecular complexity index is 695. The second-order valence-corrected chi connectivity index (χ2v) is 6.32. The molecule has 1 fully saturated rings. The highest BCUT2D eigenvalue weighted by Gasteiger charge is 2.15. The van der Waals surface area contributed by atoms with Crippen molar-refractivity contribution in [3.63, 3.8) is 0 Å². The number of nitrogens with one attached hydrogen (secondary N) is 1. The van der Waals surface area contributed by atoms with Crippen molar-refractivity contribution in [1.82, 2.24) is 4.90 Å². The number of carbonyl (C=O) groups excluding carboxylic acids is 1. The first kappa shape index (κ1) is 23.4. The number of carbonyl (C=O) groups is 1. The molecule has 0 aliphatic carbocycles. The normalized spacial score (nSPS) is 15.1. The van der Waals surface area contributed by atoms with Gasteiger partial charge in [-0.1, -0.05) is 48.5 Å². The van der Waals surface area contributed by atoms with E-state index in [4.69, 9.17) is 10.5 Å². The third-order valence-electron chi connectivity index (χ3n) is 4.42. The van der Waals surface area contributed by atoms with E-state index in [2.05, 4.69) is 16.3 Å². The van der Waals surface area contributed by atoms with Gasteiger partial charge < -0.3 is 15.8 Å². The van der Waals surface area contributed by atoms with E-state index in [1.165, 1.54) is 0 Å². The third-order valence-corrected chi connectivity index (χ3v) is 4.42. The van der Waals surface area contributed by atoms with Crippen molar-refractivity contribution >= 4 is 36.4 Å². The molecule has 3 N–H and O–H groups in total. The fourth-order valence-electron chi connectivity index (χ4n) is 3.00. The monoisotopic (exact) mass is 411 g/mol. The molecular weight excluding hydrogens is 385 g/mol. The number of benzene rings is 2. The average Bonchev–Trinajstić information content (AvgIpc) is 2.65. The Morgan fingerprint density at radius 2 is 1.67 bits per heavy atom. The molecule has 1 saturated heterocycles. The molecule has 2 aromatic carbocycles. The summed E-state index contributed by atoms with van der Waals surface area (Å²) in [7, 11) is 0. The van der Waals surface area contributed by atoms with Crippen LogP contribution < -0.4 is 11.1 Å². The van der Waals surface area contributed by atoms with Gasteiger partial charge in [0.25, 0.3) is 0 Å². The second-order valence-electron chi connectivity index (χ2n) is 6.32. The van der Waals surface area contributed by atoms with E-state index in [0.717, 1.165) is 49.7 Å². The molecule has 0 saturated carbocycles. The van der Waals surface area contributed by atoms with E-state index in [-0.39, 0.29) is 43.2 Å². The third kappa shape index (κ3) is 7.13. The van der Waals surface area contributed by atoms with Crippen molar-refractivity contribution in [3.05, 3.63) is 65.7 Å². The van der Waals surface area contributed by atoms with Crippen LogP contribution in [-0.4, -0.2) is 37.1 Å². The van der Waals surface area contributed by atoms with Crippen LogP contribution in [0.3, 0.4) is 0 Å². The lowest BCUT2D eigenvalue weighted by Gasteiger charge is -2.27. The first-order valence-corrected chi connectivity index (χ1v) is 8.71. The maximum absolute atomic E-state index is 12.4. The molecule has 0 radical (unpaired) electrons. The largest absolute Gasteiger partial charge is 0.379 e. The predicted octanol–water partition coefficient (Wildman–Crippen LogP) is 3.39. The Morgan fingerprint density at radius 3 is 2.37 bits per heavy atom. The predicted molar refractivity (Wildman–Crippen MR) is 114 cm³/mol. The Morgan fingerprint density at radius 1 is 1.04 bits per heavy atom. The van der Waals surface area contributed by atoms with Gasteiger partial charge in [-0.3, -0.25) is 9.69 Å². The zero-order valence-corrected chi connectivity index (χ0v) is 16.8. The fourth-order valence-corrected chi connectivity index (χ4v) is 3.00. The number of anilines is 1. The number of para-hydroxylation sites is 1. The van der Waals surface area contributed by atoms with E-state index in [0.29, 0.717) is 0 Å². The summed E-state index contributed by atoms with van der Waals surface area (Å²) in [6.45, 7) is 4.17. The van der Waals surface area contributed by atoms with E-state index < -0.39 is 0 Å². The smallest absolute Gasteiger partial charge is 0.226 e. The number of halogens is 2. The zero-order valence-electron chi connectivity index (χ0n) is 15.2. The molecule has 3 rings (SSSR count). The summed E-state index contributed by atoms with van der Waals surface area (Å²) in [5.41, 5.74) is 9.10. The molecule has 0 bridgehead atoms. The molecule has 7 heteroatoms. The lowest BCUT2D eigenvalue weighted by atomic mass is 10.0. The molecule has 1 heterocycles. The Labute approximate surface area is 173 Å². The summed E-state index contributed by atoms with van der Waals surface area (Å²) in [6, 6.07) is 17.4. The van der Waals surface area contributed by atoms with E-state index in [1.807, 2.05) is 48.5 Å². The quantitative estimate of drug-likeness (QED) is 0.764. The molecule has 1 unspecified atom stereocenters. The van der Waals surface area contributed by atoms with Gasteiger partial charge in [-0.2, -0.15) is 0 Å². The Balaban J connectivity index is 0.00000182. The van der Waals surface area contributed by atoms with Crippen molar-refractivity contribution < 1.29 is 9.53 Å². The summed E-state index contributed by atoms with van der Waals surface area (Å²) in [6.07, 6.45) is 0.260. The van der Waals surface area contributed by atoms with Crippen LogP contribution in [0.1, 0.15) is 23.6 Å². The minimum atomic E-state index is -0.299. The standard InChI is InChI=1S/C20H25N3O2.2ClH/c21-18(16-6-2-1-3-7-16)14-20(24)22-19-9-5-4-8-17(19)15-23-10-12-25-13-11-23;;/h1-9,18H,10-15,21H2,(H,22,24);2*1H. The van der Waals surface area contributed by atoms with Crippen molar-refractivity contribution in [2.75, 3.05) is 31.6 Å². The van der Waals surface area contributed by atoms with Crippen LogP contribution in [0.25, 0.3) is 0 Å². The number of ether oxygens (including phenoxy) is 1. The topological polar surface area (TPSA) is 67.6 Å².